The van der Waals surface area contributed by atoms with E-state index in [1.165, 1.54) is 11.3 Å². The summed E-state index contributed by atoms with van der Waals surface area (Å²) in [6, 6.07) is 3.67. The summed E-state index contributed by atoms with van der Waals surface area (Å²) in [6.07, 6.45) is 3.45. The maximum absolute atomic E-state index is 12.3. The molecule has 100 valence electrons. The van der Waals surface area contributed by atoms with E-state index < -0.39 is 5.54 Å². The number of hydrogen-bond donors (Lipinski definition) is 2. The van der Waals surface area contributed by atoms with Crippen molar-refractivity contribution in [2.75, 3.05) is 5.32 Å². The fourth-order valence-electron chi connectivity index (χ4n) is 2.50. The quantitative estimate of drug-likeness (QED) is 0.894. The number of carbonyl (C=O) groups is 1. The zero-order chi connectivity index (χ0) is 13.5. The van der Waals surface area contributed by atoms with Crippen LogP contribution in [0.2, 0.25) is 5.02 Å². The molecule has 1 aliphatic rings. The number of fused-ring (bicyclic) bond motifs is 1. The minimum Gasteiger partial charge on any atom is -0.321 e. The van der Waals surface area contributed by atoms with Crippen molar-refractivity contribution < 1.29 is 4.79 Å². The molecule has 4 nitrogen and oxygen atoms in total. The van der Waals surface area contributed by atoms with Crippen LogP contribution in [0.25, 0.3) is 10.2 Å². The molecule has 0 atom stereocenters. The zero-order valence-electron chi connectivity index (χ0n) is 10.3. The summed E-state index contributed by atoms with van der Waals surface area (Å²) in [4.78, 5) is 16.6. The van der Waals surface area contributed by atoms with Gasteiger partial charge in [-0.05, 0) is 25.0 Å². The number of nitrogens with one attached hydrogen (secondary N) is 1. The smallest absolute Gasteiger partial charge is 0.244 e. The number of amides is 1. The fourth-order valence-corrected chi connectivity index (χ4v) is 3.38. The van der Waals surface area contributed by atoms with Gasteiger partial charge in [0.1, 0.15) is 5.52 Å². The maximum atomic E-state index is 12.3. The van der Waals surface area contributed by atoms with Gasteiger partial charge in [-0.15, -0.1) is 11.3 Å². The SMILES string of the molecule is NC1(C(=O)Nc2c(Cl)ccc3scnc23)CCCC1. The number of carbonyl (C=O) groups excluding carboxylic acids is 1. The molecule has 1 aromatic carbocycles. The van der Waals surface area contributed by atoms with E-state index in [0.717, 1.165) is 35.9 Å². The van der Waals surface area contributed by atoms with Crippen molar-refractivity contribution in [3.05, 3.63) is 22.7 Å². The van der Waals surface area contributed by atoms with Crippen LogP contribution in [0.5, 0.6) is 0 Å². The highest BCUT2D eigenvalue weighted by molar-refractivity contribution is 7.16. The van der Waals surface area contributed by atoms with Crippen molar-refractivity contribution in [1.29, 1.82) is 0 Å². The van der Waals surface area contributed by atoms with Crippen LogP contribution in [0.1, 0.15) is 25.7 Å². The molecule has 6 heteroatoms. The first kappa shape index (κ1) is 12.8. The molecule has 0 saturated heterocycles. The average molecular weight is 296 g/mol. The van der Waals surface area contributed by atoms with E-state index in [1.54, 1.807) is 11.6 Å². The van der Waals surface area contributed by atoms with Crippen LogP contribution in [0.3, 0.4) is 0 Å². The number of benzene rings is 1. The molecule has 3 rings (SSSR count). The summed E-state index contributed by atoms with van der Waals surface area (Å²) in [5, 5.41) is 3.36. The van der Waals surface area contributed by atoms with E-state index in [2.05, 4.69) is 10.3 Å². The Hall–Kier alpha value is -1.17. The van der Waals surface area contributed by atoms with Gasteiger partial charge >= 0.3 is 0 Å². The molecule has 0 spiro atoms. The molecule has 1 saturated carbocycles. The third kappa shape index (κ3) is 2.22. The minimum atomic E-state index is -0.762. The Morgan fingerprint density at radius 1 is 1.42 bits per heavy atom. The van der Waals surface area contributed by atoms with E-state index in [4.69, 9.17) is 17.3 Å². The second-order valence-corrected chi connectivity index (χ2v) is 6.23. The summed E-state index contributed by atoms with van der Waals surface area (Å²) in [5.41, 5.74) is 8.43. The molecule has 0 aliphatic heterocycles. The summed E-state index contributed by atoms with van der Waals surface area (Å²) in [6.45, 7) is 0. The number of halogens is 1. The van der Waals surface area contributed by atoms with Crippen LogP contribution in [0.4, 0.5) is 5.69 Å². The van der Waals surface area contributed by atoms with Gasteiger partial charge in [0.05, 0.1) is 26.5 Å². The molecule has 0 radical (unpaired) electrons. The van der Waals surface area contributed by atoms with Gasteiger partial charge in [-0.1, -0.05) is 24.4 Å². The number of rotatable bonds is 2. The molecule has 0 unspecified atom stereocenters. The molecule has 1 fully saturated rings. The van der Waals surface area contributed by atoms with E-state index >= 15 is 0 Å². The van der Waals surface area contributed by atoms with Gasteiger partial charge in [-0.3, -0.25) is 4.79 Å². The first-order valence-electron chi connectivity index (χ1n) is 6.22. The van der Waals surface area contributed by atoms with Crippen LogP contribution in [-0.4, -0.2) is 16.4 Å². The van der Waals surface area contributed by atoms with Gasteiger partial charge in [0.25, 0.3) is 0 Å². The Bertz CT molecular complexity index is 634. The Morgan fingerprint density at radius 3 is 2.89 bits per heavy atom. The molecule has 1 heterocycles. The van der Waals surface area contributed by atoms with Crippen molar-refractivity contribution in [2.45, 2.75) is 31.2 Å². The lowest BCUT2D eigenvalue weighted by atomic mass is 9.98. The number of nitrogens with zero attached hydrogens (tertiary/aromatic N) is 1. The molecule has 0 bridgehead atoms. The maximum Gasteiger partial charge on any atom is 0.244 e. The minimum absolute atomic E-state index is 0.160. The number of thiazole rings is 1. The van der Waals surface area contributed by atoms with Gasteiger partial charge in [0, 0.05) is 0 Å². The van der Waals surface area contributed by atoms with Gasteiger partial charge in [0.15, 0.2) is 0 Å². The highest BCUT2D eigenvalue weighted by Gasteiger charge is 2.37. The Labute approximate surface area is 120 Å². The van der Waals surface area contributed by atoms with Crippen LogP contribution in [-0.2, 0) is 4.79 Å². The Kier molecular flexibility index (Phi) is 3.20. The monoisotopic (exact) mass is 295 g/mol. The lowest BCUT2D eigenvalue weighted by molar-refractivity contribution is -0.120. The first-order valence-corrected chi connectivity index (χ1v) is 7.48. The lowest BCUT2D eigenvalue weighted by Crippen LogP contribution is -2.48. The molecule has 2 aromatic rings. The van der Waals surface area contributed by atoms with Crippen LogP contribution >= 0.6 is 22.9 Å². The normalized spacial score (nSPS) is 17.8. The third-order valence-corrected chi connectivity index (χ3v) is 4.75. The zero-order valence-corrected chi connectivity index (χ0v) is 11.9. The predicted molar refractivity (Wildman–Crippen MR) is 78.6 cm³/mol. The first-order chi connectivity index (χ1) is 9.10. The van der Waals surface area contributed by atoms with Crippen molar-refractivity contribution in [3.8, 4) is 0 Å². The number of nitrogens with two attached hydrogens (primary N) is 1. The van der Waals surface area contributed by atoms with Gasteiger partial charge in [-0.2, -0.15) is 0 Å². The summed E-state index contributed by atoms with van der Waals surface area (Å²) in [7, 11) is 0. The average Bonchev–Trinajstić information content (AvgIpc) is 3.02. The molecular weight excluding hydrogens is 282 g/mol. The highest BCUT2D eigenvalue weighted by atomic mass is 35.5. The number of aromatic nitrogens is 1. The van der Waals surface area contributed by atoms with E-state index in [0.29, 0.717) is 10.7 Å². The van der Waals surface area contributed by atoms with Crippen LogP contribution < -0.4 is 11.1 Å². The molecule has 19 heavy (non-hydrogen) atoms. The number of anilines is 1. The molecular formula is C13H14ClN3OS. The number of hydrogen-bond acceptors (Lipinski definition) is 4. The molecule has 1 amide bonds. The van der Waals surface area contributed by atoms with Crippen LogP contribution in [0.15, 0.2) is 17.6 Å². The molecule has 1 aromatic heterocycles. The molecule has 1 aliphatic carbocycles. The standard InChI is InChI=1S/C13H14ClN3OS/c14-8-3-4-9-11(16-7-19-9)10(8)17-12(18)13(15)5-1-2-6-13/h3-4,7H,1-2,5-6,15H2,(H,17,18). The summed E-state index contributed by atoms with van der Waals surface area (Å²) >= 11 is 7.68. The van der Waals surface area contributed by atoms with Gasteiger partial charge < -0.3 is 11.1 Å². The topological polar surface area (TPSA) is 68.0 Å². The van der Waals surface area contributed by atoms with Crippen molar-refractivity contribution >= 4 is 44.7 Å². The van der Waals surface area contributed by atoms with Crippen molar-refractivity contribution in [1.82, 2.24) is 4.98 Å². The Morgan fingerprint density at radius 2 is 2.16 bits per heavy atom. The second kappa shape index (κ2) is 4.74. The lowest BCUT2D eigenvalue weighted by Gasteiger charge is -2.22. The van der Waals surface area contributed by atoms with Crippen molar-refractivity contribution in [3.63, 3.8) is 0 Å². The van der Waals surface area contributed by atoms with E-state index in [1.807, 2.05) is 6.07 Å². The summed E-state index contributed by atoms with van der Waals surface area (Å²) < 4.78 is 0.997. The third-order valence-electron chi connectivity index (χ3n) is 3.64. The second-order valence-electron chi connectivity index (χ2n) is 4.94. The van der Waals surface area contributed by atoms with Crippen LogP contribution in [0, 0.1) is 0 Å². The highest BCUT2D eigenvalue weighted by Crippen LogP contribution is 2.34. The van der Waals surface area contributed by atoms with Gasteiger partial charge in [0.2, 0.25) is 5.91 Å². The van der Waals surface area contributed by atoms with E-state index in [9.17, 15) is 4.79 Å². The Balaban J connectivity index is 1.95. The summed E-state index contributed by atoms with van der Waals surface area (Å²) in [5.74, 6) is -0.160. The predicted octanol–water partition coefficient (Wildman–Crippen LogP) is 3.16. The van der Waals surface area contributed by atoms with Gasteiger partial charge in [-0.25, -0.2) is 4.98 Å². The fraction of sp³-hybridized carbons (Fsp3) is 0.385. The van der Waals surface area contributed by atoms with E-state index in [-0.39, 0.29) is 5.91 Å². The molecule has 3 N–H and O–H groups in total. The largest absolute Gasteiger partial charge is 0.321 e. The van der Waals surface area contributed by atoms with Crippen molar-refractivity contribution in [2.24, 2.45) is 5.73 Å².